The Labute approximate surface area is 114 Å². The second kappa shape index (κ2) is 5.46. The van der Waals surface area contributed by atoms with Crippen LogP contribution in [0.5, 0.6) is 11.5 Å². The van der Waals surface area contributed by atoms with E-state index in [2.05, 4.69) is 54.6 Å². The minimum atomic E-state index is -0.130. The summed E-state index contributed by atoms with van der Waals surface area (Å²) in [6.07, 6.45) is 1.32. The first-order chi connectivity index (χ1) is 7.43. The molecule has 0 aromatic heterocycles. The summed E-state index contributed by atoms with van der Waals surface area (Å²) in [6.45, 7) is 0. The molecule has 86 valence electrons. The second-order valence-corrected chi connectivity index (χ2v) is 4.78. The summed E-state index contributed by atoms with van der Waals surface area (Å²) in [5.41, 5.74) is 7.90. The molecule has 0 heterocycles. The number of rotatable bonds is 2. The number of halogens is 2. The van der Waals surface area contributed by atoms with Gasteiger partial charge in [0.1, 0.15) is 16.0 Å². The minimum absolute atomic E-state index is 0.0210. The van der Waals surface area contributed by atoms with Crippen LogP contribution in [0.15, 0.2) is 20.1 Å². The number of nitrogens with two attached hydrogens (primary N) is 1. The van der Waals surface area contributed by atoms with Gasteiger partial charge in [-0.05, 0) is 50.1 Å². The average molecular weight is 369 g/mol. The Kier molecular flexibility index (Phi) is 4.51. The van der Waals surface area contributed by atoms with E-state index >= 15 is 0 Å². The van der Waals surface area contributed by atoms with E-state index in [0.717, 1.165) is 0 Å². The Morgan fingerprint density at radius 1 is 1.44 bits per heavy atom. The molecule has 1 rings (SSSR count). The zero-order valence-corrected chi connectivity index (χ0v) is 11.7. The molecule has 5 N–H and O–H groups in total. The molecule has 0 radical (unpaired) electrons. The fourth-order valence-electron chi connectivity index (χ4n) is 0.881. The highest BCUT2D eigenvalue weighted by Crippen LogP contribution is 2.40. The first-order valence-corrected chi connectivity index (χ1v) is 5.91. The lowest BCUT2D eigenvalue weighted by Gasteiger charge is -2.06. The van der Waals surface area contributed by atoms with Gasteiger partial charge in [0.05, 0.1) is 10.7 Å². The minimum Gasteiger partial charge on any atom is -0.506 e. The number of benzene rings is 1. The van der Waals surface area contributed by atoms with Crippen molar-refractivity contribution in [3.05, 3.63) is 20.6 Å². The van der Waals surface area contributed by atoms with Crippen LogP contribution in [-0.2, 0) is 0 Å². The van der Waals surface area contributed by atoms with E-state index in [-0.39, 0.29) is 21.1 Å². The molecule has 0 bridgehead atoms. The van der Waals surface area contributed by atoms with Gasteiger partial charge in [0.2, 0.25) is 0 Å². The molecule has 16 heavy (non-hydrogen) atoms. The lowest BCUT2D eigenvalue weighted by Crippen LogP contribution is -2.24. The summed E-state index contributed by atoms with van der Waals surface area (Å²) in [5.74, 6) is -0.217. The smallest absolute Gasteiger partial charge is 0.184 e. The molecule has 0 spiro atoms. The van der Waals surface area contributed by atoms with Gasteiger partial charge in [-0.15, -0.1) is 0 Å². The number of hydrazone groups is 1. The van der Waals surface area contributed by atoms with Gasteiger partial charge >= 0.3 is 0 Å². The lowest BCUT2D eigenvalue weighted by molar-refractivity contribution is 0.442. The van der Waals surface area contributed by atoms with E-state index in [0.29, 0.717) is 10.0 Å². The highest BCUT2D eigenvalue weighted by atomic mass is 79.9. The molecular formula is C8H7Br2N3O2S. The summed E-state index contributed by atoms with van der Waals surface area (Å²) < 4.78 is 0.604. The molecule has 0 atom stereocenters. The molecule has 5 nitrogen and oxygen atoms in total. The molecule has 0 aliphatic carbocycles. The lowest BCUT2D eigenvalue weighted by atomic mass is 10.2. The van der Waals surface area contributed by atoms with Gasteiger partial charge in [0.15, 0.2) is 5.11 Å². The molecule has 0 fully saturated rings. The van der Waals surface area contributed by atoms with Crippen molar-refractivity contribution in [1.82, 2.24) is 5.43 Å². The van der Waals surface area contributed by atoms with Crippen LogP contribution in [-0.4, -0.2) is 21.5 Å². The Balaban J connectivity index is 3.06. The SMILES string of the molecule is NC(=S)NN=Cc1cc(Br)c(O)c(Br)c1O. The van der Waals surface area contributed by atoms with E-state index in [1.54, 1.807) is 0 Å². The normalized spacial score (nSPS) is 10.6. The van der Waals surface area contributed by atoms with Crippen molar-refractivity contribution >= 4 is 55.4 Å². The quantitative estimate of drug-likeness (QED) is 0.363. The van der Waals surface area contributed by atoms with Crippen LogP contribution in [0.25, 0.3) is 0 Å². The van der Waals surface area contributed by atoms with Crippen LogP contribution < -0.4 is 11.2 Å². The Morgan fingerprint density at radius 2 is 2.06 bits per heavy atom. The number of hydrogen-bond donors (Lipinski definition) is 4. The highest BCUT2D eigenvalue weighted by molar-refractivity contribution is 9.11. The van der Waals surface area contributed by atoms with Gasteiger partial charge in [-0.2, -0.15) is 5.10 Å². The fraction of sp³-hybridized carbons (Fsp3) is 0. The predicted octanol–water partition coefficient (Wildman–Crippen LogP) is 1.79. The standard InChI is InChI=1S/C8H7Br2N3O2S/c9-4-1-3(2-12-13-8(11)16)6(14)5(10)7(4)15/h1-2,14-15H,(H3,11,13,16). The summed E-state index contributed by atoms with van der Waals surface area (Å²) >= 11 is 10.7. The summed E-state index contributed by atoms with van der Waals surface area (Å²) in [6, 6.07) is 1.50. The van der Waals surface area contributed by atoms with Gasteiger partial charge in [0.25, 0.3) is 0 Å². The number of aromatic hydroxyl groups is 2. The number of thiocarbonyl (C=S) groups is 1. The van der Waals surface area contributed by atoms with E-state index in [4.69, 9.17) is 5.73 Å². The van der Waals surface area contributed by atoms with Crippen molar-refractivity contribution in [1.29, 1.82) is 0 Å². The number of phenols is 2. The zero-order chi connectivity index (χ0) is 12.3. The number of hydrogen-bond acceptors (Lipinski definition) is 4. The second-order valence-electron chi connectivity index (χ2n) is 2.69. The van der Waals surface area contributed by atoms with Crippen LogP contribution in [0, 0.1) is 0 Å². The maximum absolute atomic E-state index is 9.66. The van der Waals surface area contributed by atoms with E-state index in [1.807, 2.05) is 0 Å². The predicted molar refractivity (Wildman–Crippen MR) is 72.7 cm³/mol. The molecule has 0 amide bonds. The van der Waals surface area contributed by atoms with Crippen molar-refractivity contribution in [3.63, 3.8) is 0 Å². The van der Waals surface area contributed by atoms with Crippen molar-refractivity contribution in [2.45, 2.75) is 0 Å². The zero-order valence-electron chi connectivity index (χ0n) is 7.74. The third-order valence-electron chi connectivity index (χ3n) is 1.58. The third kappa shape index (κ3) is 3.06. The highest BCUT2D eigenvalue weighted by Gasteiger charge is 2.12. The molecule has 0 aliphatic heterocycles. The van der Waals surface area contributed by atoms with Gasteiger partial charge in [-0.1, -0.05) is 0 Å². The summed E-state index contributed by atoms with van der Waals surface area (Å²) in [7, 11) is 0. The Bertz CT molecular complexity index is 465. The molecular weight excluding hydrogens is 362 g/mol. The summed E-state index contributed by atoms with van der Waals surface area (Å²) in [5, 5.41) is 22.8. The molecule has 0 saturated heterocycles. The molecule has 8 heteroatoms. The van der Waals surface area contributed by atoms with Gasteiger partial charge in [-0.3, -0.25) is 5.43 Å². The van der Waals surface area contributed by atoms with E-state index in [9.17, 15) is 10.2 Å². The van der Waals surface area contributed by atoms with Gasteiger partial charge < -0.3 is 15.9 Å². The van der Waals surface area contributed by atoms with Crippen LogP contribution in [0.4, 0.5) is 0 Å². The van der Waals surface area contributed by atoms with Crippen molar-refractivity contribution < 1.29 is 10.2 Å². The number of phenolic OH excluding ortho intramolecular Hbond substituents is 2. The summed E-state index contributed by atoms with van der Waals surface area (Å²) in [4.78, 5) is 0. The Morgan fingerprint density at radius 3 is 2.62 bits per heavy atom. The van der Waals surface area contributed by atoms with Crippen molar-refractivity contribution in [2.24, 2.45) is 10.8 Å². The average Bonchev–Trinajstić information content (AvgIpc) is 2.22. The van der Waals surface area contributed by atoms with Crippen molar-refractivity contribution in [3.8, 4) is 11.5 Å². The van der Waals surface area contributed by atoms with Crippen molar-refractivity contribution in [2.75, 3.05) is 0 Å². The van der Waals surface area contributed by atoms with Crippen LogP contribution in [0.1, 0.15) is 5.56 Å². The monoisotopic (exact) mass is 367 g/mol. The Hall–Kier alpha value is -0.860. The van der Waals surface area contributed by atoms with Gasteiger partial charge in [-0.25, -0.2) is 0 Å². The maximum atomic E-state index is 9.66. The third-order valence-corrected chi connectivity index (χ3v) is 3.02. The molecule has 0 aliphatic rings. The molecule has 1 aromatic carbocycles. The van der Waals surface area contributed by atoms with Crippen LogP contribution in [0.2, 0.25) is 0 Å². The first kappa shape index (κ1) is 13.2. The van der Waals surface area contributed by atoms with Gasteiger partial charge in [0, 0.05) is 5.56 Å². The molecule has 0 saturated carbocycles. The largest absolute Gasteiger partial charge is 0.506 e. The molecule has 0 unspecified atom stereocenters. The van der Waals surface area contributed by atoms with Crippen LogP contribution in [0.3, 0.4) is 0 Å². The molecule has 1 aromatic rings. The van der Waals surface area contributed by atoms with Crippen LogP contribution >= 0.6 is 44.1 Å². The number of nitrogens with zero attached hydrogens (tertiary/aromatic N) is 1. The number of nitrogens with one attached hydrogen (secondary N) is 1. The topological polar surface area (TPSA) is 90.9 Å². The van der Waals surface area contributed by atoms with E-state index < -0.39 is 0 Å². The fourth-order valence-corrected chi connectivity index (χ4v) is 2.09. The maximum Gasteiger partial charge on any atom is 0.184 e. The van der Waals surface area contributed by atoms with E-state index in [1.165, 1.54) is 12.3 Å². The first-order valence-electron chi connectivity index (χ1n) is 3.92.